The summed E-state index contributed by atoms with van der Waals surface area (Å²) >= 11 is 0. The molecule has 25 heavy (non-hydrogen) atoms. The van der Waals surface area contributed by atoms with E-state index in [0.717, 1.165) is 24.4 Å². The maximum Gasteiger partial charge on any atom is 0.238 e. The number of benzene rings is 1. The normalized spacial score (nSPS) is 11.4. The molecule has 0 N–H and O–H groups in total. The van der Waals surface area contributed by atoms with Crippen molar-refractivity contribution in [3.8, 4) is 5.88 Å². The maximum absolute atomic E-state index is 6.07. The van der Waals surface area contributed by atoms with Gasteiger partial charge in [-0.25, -0.2) is 4.98 Å². The zero-order chi connectivity index (χ0) is 18.0. The molecule has 0 fully saturated rings. The van der Waals surface area contributed by atoms with Gasteiger partial charge in [-0.1, -0.05) is 43.7 Å². The Labute approximate surface area is 150 Å². The van der Waals surface area contributed by atoms with Crippen LogP contribution < -0.4 is 4.74 Å². The van der Waals surface area contributed by atoms with E-state index in [1.54, 1.807) is 0 Å². The predicted molar refractivity (Wildman–Crippen MR) is 104 cm³/mol. The molecule has 3 heteroatoms. The fraction of sp³-hybridized carbons (Fsp3) is 0.409. The average molecular weight is 336 g/mol. The largest absolute Gasteiger partial charge is 0.476 e. The van der Waals surface area contributed by atoms with Gasteiger partial charge in [-0.2, -0.15) is 0 Å². The van der Waals surface area contributed by atoms with E-state index in [-0.39, 0.29) is 0 Å². The van der Waals surface area contributed by atoms with E-state index < -0.39 is 0 Å². The smallest absolute Gasteiger partial charge is 0.238 e. The molecule has 0 aliphatic carbocycles. The van der Waals surface area contributed by atoms with Crippen molar-refractivity contribution >= 4 is 10.9 Å². The highest BCUT2D eigenvalue weighted by Gasteiger charge is 2.16. The molecule has 2 aromatic heterocycles. The second-order valence-corrected chi connectivity index (χ2v) is 7.33. The van der Waals surface area contributed by atoms with Crippen molar-refractivity contribution in [2.45, 2.75) is 47.6 Å². The number of aryl methyl sites for hydroxylation is 2. The number of hydrogen-bond acceptors (Lipinski definition) is 2. The second kappa shape index (κ2) is 7.30. The van der Waals surface area contributed by atoms with Crippen molar-refractivity contribution in [3.05, 3.63) is 58.9 Å². The fourth-order valence-corrected chi connectivity index (χ4v) is 3.25. The molecule has 0 amide bonds. The van der Waals surface area contributed by atoms with Gasteiger partial charge in [0.25, 0.3) is 0 Å². The van der Waals surface area contributed by atoms with Crippen LogP contribution in [-0.4, -0.2) is 16.2 Å². The van der Waals surface area contributed by atoms with E-state index >= 15 is 0 Å². The lowest BCUT2D eigenvalue weighted by molar-refractivity contribution is 0.281. The average Bonchev–Trinajstić information content (AvgIpc) is 2.81. The SMILES string of the molecule is Cc1cccc(Cn2c(C)c(C)c3ccnc(OCCC(C)C)c32)c1. The number of rotatable bonds is 6. The van der Waals surface area contributed by atoms with Crippen molar-refractivity contribution in [1.29, 1.82) is 0 Å². The van der Waals surface area contributed by atoms with Gasteiger partial charge in [-0.3, -0.25) is 0 Å². The molecule has 0 saturated carbocycles. The van der Waals surface area contributed by atoms with Crippen LogP contribution in [0.2, 0.25) is 0 Å². The number of hydrogen-bond donors (Lipinski definition) is 0. The Morgan fingerprint density at radius 3 is 2.64 bits per heavy atom. The van der Waals surface area contributed by atoms with Crippen LogP contribution in [0.4, 0.5) is 0 Å². The number of nitrogens with zero attached hydrogens (tertiary/aromatic N) is 2. The minimum atomic E-state index is 0.627. The van der Waals surface area contributed by atoms with E-state index in [4.69, 9.17) is 4.74 Å². The molecule has 3 aromatic rings. The first-order chi connectivity index (χ1) is 12.0. The molecule has 3 nitrogen and oxygen atoms in total. The molecule has 2 heterocycles. The molecule has 3 rings (SSSR count). The van der Waals surface area contributed by atoms with E-state index in [0.29, 0.717) is 12.5 Å². The van der Waals surface area contributed by atoms with Gasteiger partial charge in [0.05, 0.1) is 6.61 Å². The van der Waals surface area contributed by atoms with E-state index in [1.807, 2.05) is 6.20 Å². The van der Waals surface area contributed by atoms with Crippen LogP contribution in [0, 0.1) is 26.7 Å². The first kappa shape index (κ1) is 17.5. The summed E-state index contributed by atoms with van der Waals surface area (Å²) in [4.78, 5) is 4.53. The number of fused-ring (bicyclic) bond motifs is 1. The summed E-state index contributed by atoms with van der Waals surface area (Å²) in [5.41, 5.74) is 6.28. The molecule has 0 saturated heterocycles. The summed E-state index contributed by atoms with van der Waals surface area (Å²) in [6, 6.07) is 10.8. The van der Waals surface area contributed by atoms with Crippen molar-refractivity contribution in [2.75, 3.05) is 6.61 Å². The predicted octanol–water partition coefficient (Wildman–Crippen LogP) is 5.43. The lowest BCUT2D eigenvalue weighted by Gasteiger charge is -2.13. The summed E-state index contributed by atoms with van der Waals surface area (Å²) in [5.74, 6) is 1.38. The van der Waals surface area contributed by atoms with Crippen LogP contribution >= 0.6 is 0 Å². The van der Waals surface area contributed by atoms with Crippen LogP contribution in [-0.2, 0) is 6.54 Å². The topological polar surface area (TPSA) is 27.1 Å². The Morgan fingerprint density at radius 2 is 1.92 bits per heavy atom. The highest BCUT2D eigenvalue weighted by Crippen LogP contribution is 2.31. The quantitative estimate of drug-likeness (QED) is 0.600. The van der Waals surface area contributed by atoms with Gasteiger partial charge in [0, 0.05) is 23.8 Å². The first-order valence-electron chi connectivity index (χ1n) is 9.10. The van der Waals surface area contributed by atoms with E-state index in [2.05, 4.69) is 74.5 Å². The van der Waals surface area contributed by atoms with Gasteiger partial charge in [-0.05, 0) is 50.3 Å². The van der Waals surface area contributed by atoms with Crippen LogP contribution in [0.1, 0.15) is 42.7 Å². The van der Waals surface area contributed by atoms with Gasteiger partial charge in [0.2, 0.25) is 5.88 Å². The molecule has 132 valence electrons. The van der Waals surface area contributed by atoms with Gasteiger partial charge >= 0.3 is 0 Å². The van der Waals surface area contributed by atoms with Gasteiger partial charge < -0.3 is 9.30 Å². The molecule has 0 aliphatic rings. The molecule has 0 bridgehead atoms. The third-order valence-corrected chi connectivity index (χ3v) is 4.87. The van der Waals surface area contributed by atoms with Crippen LogP contribution in [0.25, 0.3) is 10.9 Å². The molecule has 0 radical (unpaired) electrons. The minimum Gasteiger partial charge on any atom is -0.476 e. The van der Waals surface area contributed by atoms with Gasteiger partial charge in [0.1, 0.15) is 5.52 Å². The highest BCUT2D eigenvalue weighted by molar-refractivity contribution is 5.89. The molecule has 0 unspecified atom stereocenters. The molecule has 1 aromatic carbocycles. The zero-order valence-electron chi connectivity index (χ0n) is 16.0. The third-order valence-electron chi connectivity index (χ3n) is 4.87. The minimum absolute atomic E-state index is 0.627. The maximum atomic E-state index is 6.07. The van der Waals surface area contributed by atoms with Crippen molar-refractivity contribution in [3.63, 3.8) is 0 Å². The Hall–Kier alpha value is -2.29. The number of aromatic nitrogens is 2. The van der Waals surface area contributed by atoms with Gasteiger partial charge in [0.15, 0.2) is 0 Å². The molecule has 0 atom stereocenters. The summed E-state index contributed by atoms with van der Waals surface area (Å²) in [7, 11) is 0. The summed E-state index contributed by atoms with van der Waals surface area (Å²) in [6.45, 7) is 12.5. The van der Waals surface area contributed by atoms with Crippen molar-refractivity contribution in [2.24, 2.45) is 5.92 Å². The first-order valence-corrected chi connectivity index (χ1v) is 9.10. The molecular weight excluding hydrogens is 308 g/mol. The Balaban J connectivity index is 2.02. The fourth-order valence-electron chi connectivity index (χ4n) is 3.25. The van der Waals surface area contributed by atoms with E-state index in [1.165, 1.54) is 27.8 Å². The molecule has 0 aliphatic heterocycles. The Bertz CT molecular complexity index is 877. The third kappa shape index (κ3) is 3.71. The monoisotopic (exact) mass is 336 g/mol. The van der Waals surface area contributed by atoms with E-state index in [9.17, 15) is 0 Å². The lowest BCUT2D eigenvalue weighted by atomic mass is 10.1. The Morgan fingerprint density at radius 1 is 1.12 bits per heavy atom. The number of pyridine rings is 1. The van der Waals surface area contributed by atoms with Gasteiger partial charge in [-0.15, -0.1) is 0 Å². The van der Waals surface area contributed by atoms with Crippen LogP contribution in [0.3, 0.4) is 0 Å². The summed E-state index contributed by atoms with van der Waals surface area (Å²) in [6.07, 6.45) is 2.89. The number of ether oxygens (including phenoxy) is 1. The summed E-state index contributed by atoms with van der Waals surface area (Å²) < 4.78 is 8.41. The molecular formula is C22H28N2O. The standard InChI is InChI=1S/C22H28N2O/c1-15(2)10-12-25-22-21-20(9-11-23-22)17(4)18(5)24(21)14-19-8-6-7-16(3)13-19/h6-9,11,13,15H,10,12,14H2,1-5H3. The van der Waals surface area contributed by atoms with Crippen LogP contribution in [0.15, 0.2) is 36.5 Å². The highest BCUT2D eigenvalue weighted by atomic mass is 16.5. The Kier molecular flexibility index (Phi) is 5.12. The lowest BCUT2D eigenvalue weighted by Crippen LogP contribution is -2.07. The van der Waals surface area contributed by atoms with Crippen molar-refractivity contribution in [1.82, 2.24) is 9.55 Å². The second-order valence-electron chi connectivity index (χ2n) is 7.33. The molecule has 0 spiro atoms. The van der Waals surface area contributed by atoms with Crippen LogP contribution in [0.5, 0.6) is 5.88 Å². The van der Waals surface area contributed by atoms with Crippen molar-refractivity contribution < 1.29 is 4.74 Å². The summed E-state index contributed by atoms with van der Waals surface area (Å²) in [5, 5.41) is 1.24. The zero-order valence-corrected chi connectivity index (χ0v) is 16.0.